The molecule has 0 amide bonds. The number of halogens is 6. The Bertz CT molecular complexity index is 1280. The largest absolute Gasteiger partial charge is 0.386 e. The molecule has 0 N–H and O–H groups in total. The Labute approximate surface area is 211 Å². The maximum Gasteiger partial charge on any atom is 0.386 e. The maximum absolute atomic E-state index is 14.9. The van der Waals surface area contributed by atoms with Crippen LogP contribution in [0.4, 0.5) is 26.3 Å². The molecule has 0 spiro atoms. The van der Waals surface area contributed by atoms with Crippen molar-refractivity contribution < 1.29 is 35.8 Å². The fourth-order valence-corrected chi connectivity index (χ4v) is 5.02. The van der Waals surface area contributed by atoms with Gasteiger partial charge in [0.1, 0.15) is 6.10 Å². The topological polar surface area (TPSA) is 21.8 Å². The van der Waals surface area contributed by atoms with Gasteiger partial charge in [-0.15, -0.1) is 0 Å². The summed E-state index contributed by atoms with van der Waals surface area (Å²) in [6, 6.07) is 10.4. The van der Waals surface area contributed by atoms with Crippen LogP contribution < -0.4 is 0 Å². The lowest BCUT2D eigenvalue weighted by molar-refractivity contribution is -0.279. The minimum Gasteiger partial charge on any atom is -0.368 e. The van der Waals surface area contributed by atoms with Gasteiger partial charge in [0, 0.05) is 16.7 Å². The highest BCUT2D eigenvalue weighted by Crippen LogP contribution is 2.40. The predicted molar refractivity (Wildman–Crippen MR) is 127 cm³/mol. The van der Waals surface area contributed by atoms with Gasteiger partial charge >= 0.3 is 6.11 Å². The molecule has 1 heterocycles. The zero-order valence-corrected chi connectivity index (χ0v) is 20.2. The van der Waals surface area contributed by atoms with Crippen LogP contribution in [0, 0.1) is 29.2 Å². The second-order valence-electron chi connectivity index (χ2n) is 9.70. The molecule has 2 nitrogen and oxygen atoms in total. The maximum atomic E-state index is 14.9. The van der Waals surface area contributed by atoms with E-state index in [9.17, 15) is 26.3 Å². The number of hydrogen-bond acceptors (Lipinski definition) is 2. The molecule has 0 radical (unpaired) electrons. The number of hydrogen-bond donors (Lipinski definition) is 0. The molecule has 8 heteroatoms. The van der Waals surface area contributed by atoms with Crippen LogP contribution in [0.3, 0.4) is 0 Å². The van der Waals surface area contributed by atoms with Gasteiger partial charge in [0.2, 0.25) is 0 Å². The molecule has 2 fully saturated rings. The molecule has 1 unspecified atom stereocenters. The quantitative estimate of drug-likeness (QED) is 0.230. The third kappa shape index (κ3) is 5.14. The Morgan fingerprint density at radius 3 is 1.84 bits per heavy atom. The van der Waals surface area contributed by atoms with E-state index >= 15 is 0 Å². The molecule has 1 aliphatic heterocycles. The molecule has 0 bridgehead atoms. The van der Waals surface area contributed by atoms with Gasteiger partial charge in [-0.05, 0) is 48.8 Å². The number of alkyl halides is 2. The summed E-state index contributed by atoms with van der Waals surface area (Å²) >= 11 is 0. The third-order valence-corrected chi connectivity index (χ3v) is 7.38. The molecule has 196 valence electrons. The smallest absolute Gasteiger partial charge is 0.368 e. The molecule has 1 saturated heterocycles. The lowest BCUT2D eigenvalue weighted by Crippen LogP contribution is -2.30. The van der Waals surface area contributed by atoms with E-state index in [1.54, 1.807) is 0 Å². The molecule has 5 rings (SSSR count). The van der Waals surface area contributed by atoms with Crippen LogP contribution in [0.1, 0.15) is 56.3 Å². The van der Waals surface area contributed by atoms with Crippen LogP contribution in [-0.4, -0.2) is 12.7 Å². The lowest BCUT2D eigenvalue weighted by atomic mass is 9.86. The van der Waals surface area contributed by atoms with Crippen molar-refractivity contribution in [3.8, 4) is 22.3 Å². The Balaban J connectivity index is 1.36. The van der Waals surface area contributed by atoms with Crippen molar-refractivity contribution in [2.24, 2.45) is 5.92 Å². The molecule has 1 atom stereocenters. The van der Waals surface area contributed by atoms with Gasteiger partial charge in [-0.25, -0.2) is 17.6 Å². The van der Waals surface area contributed by atoms with Gasteiger partial charge in [0.25, 0.3) is 0 Å². The Morgan fingerprint density at radius 1 is 0.757 bits per heavy atom. The Morgan fingerprint density at radius 2 is 1.30 bits per heavy atom. The first kappa shape index (κ1) is 25.8. The van der Waals surface area contributed by atoms with Crippen molar-refractivity contribution >= 4 is 0 Å². The molecule has 1 aliphatic carbocycles. The monoisotopic (exact) mass is 520 g/mol. The van der Waals surface area contributed by atoms with E-state index in [1.165, 1.54) is 36.4 Å². The minimum absolute atomic E-state index is 0.000196. The van der Waals surface area contributed by atoms with Crippen LogP contribution in [-0.2, 0) is 15.6 Å². The van der Waals surface area contributed by atoms with Crippen molar-refractivity contribution in [2.45, 2.75) is 57.3 Å². The summed E-state index contributed by atoms with van der Waals surface area (Å²) in [4.78, 5) is 0. The molecular weight excluding hydrogens is 494 g/mol. The van der Waals surface area contributed by atoms with Crippen LogP contribution >= 0.6 is 0 Å². The summed E-state index contributed by atoms with van der Waals surface area (Å²) in [5.74, 6) is -4.67. The first-order chi connectivity index (χ1) is 17.7. The van der Waals surface area contributed by atoms with Crippen LogP contribution in [0.2, 0.25) is 0 Å². The first-order valence-corrected chi connectivity index (χ1v) is 12.4. The van der Waals surface area contributed by atoms with E-state index in [1.807, 2.05) is 6.92 Å². The standard InChI is InChI=1S/C29H26F6O2/c1-2-16-3-9-19(10-4-16)37-29(34,35)23-14-13-21(26(31)28(23)33)18-7-5-17(6-8-18)20-11-12-22(24-15-36-24)27(32)25(20)30/h5-8,11-14,16,19,24H,2-4,9-10,15H2,1H3. The average molecular weight is 521 g/mol. The minimum atomic E-state index is -3.98. The Kier molecular flexibility index (Phi) is 7.07. The normalized spacial score (nSPS) is 21.8. The first-order valence-electron chi connectivity index (χ1n) is 12.4. The fraction of sp³-hybridized carbons (Fsp3) is 0.379. The van der Waals surface area contributed by atoms with E-state index in [0.717, 1.165) is 31.4 Å². The number of epoxide rings is 1. The summed E-state index contributed by atoms with van der Waals surface area (Å²) in [5.41, 5.74) is -0.735. The second-order valence-corrected chi connectivity index (χ2v) is 9.70. The molecule has 2 aliphatic rings. The van der Waals surface area contributed by atoms with E-state index in [2.05, 4.69) is 0 Å². The van der Waals surface area contributed by atoms with Crippen LogP contribution in [0.5, 0.6) is 0 Å². The van der Waals surface area contributed by atoms with Gasteiger partial charge in [-0.2, -0.15) is 8.78 Å². The highest BCUT2D eigenvalue weighted by molar-refractivity contribution is 5.71. The van der Waals surface area contributed by atoms with Crippen molar-refractivity contribution in [1.82, 2.24) is 0 Å². The summed E-state index contributed by atoms with van der Waals surface area (Å²) in [6.07, 6.45) is -1.74. The van der Waals surface area contributed by atoms with Gasteiger partial charge < -0.3 is 9.47 Å². The third-order valence-electron chi connectivity index (χ3n) is 7.38. The number of ether oxygens (including phenoxy) is 2. The van der Waals surface area contributed by atoms with Gasteiger partial charge in [-0.3, -0.25) is 0 Å². The molecule has 3 aromatic rings. The lowest BCUT2D eigenvalue weighted by Gasteiger charge is -2.31. The van der Waals surface area contributed by atoms with Crippen LogP contribution in [0.25, 0.3) is 22.3 Å². The molecule has 3 aromatic carbocycles. The SMILES string of the molecule is CCC1CCC(OC(F)(F)c2ccc(-c3ccc(-c4ccc(C5CO5)c(F)c4F)cc3)c(F)c2F)CC1. The summed E-state index contributed by atoms with van der Waals surface area (Å²) in [7, 11) is 0. The van der Waals surface area contributed by atoms with E-state index in [4.69, 9.17) is 9.47 Å². The van der Waals surface area contributed by atoms with Crippen molar-refractivity contribution in [3.63, 3.8) is 0 Å². The zero-order valence-electron chi connectivity index (χ0n) is 20.2. The Hall–Kier alpha value is -2.84. The van der Waals surface area contributed by atoms with E-state index in [0.29, 0.717) is 30.9 Å². The molecule has 0 aromatic heterocycles. The van der Waals surface area contributed by atoms with Gasteiger partial charge in [0.15, 0.2) is 23.3 Å². The fourth-order valence-electron chi connectivity index (χ4n) is 5.02. The van der Waals surface area contributed by atoms with Crippen LogP contribution in [0.15, 0.2) is 48.5 Å². The van der Waals surface area contributed by atoms with Gasteiger partial charge in [0.05, 0.1) is 18.3 Å². The van der Waals surface area contributed by atoms with E-state index < -0.39 is 47.1 Å². The van der Waals surface area contributed by atoms with Crippen molar-refractivity contribution in [3.05, 3.63) is 82.9 Å². The highest BCUT2D eigenvalue weighted by Gasteiger charge is 2.41. The van der Waals surface area contributed by atoms with E-state index in [-0.39, 0.29) is 22.3 Å². The van der Waals surface area contributed by atoms with Crippen molar-refractivity contribution in [1.29, 1.82) is 0 Å². The average Bonchev–Trinajstić information content (AvgIpc) is 3.73. The summed E-state index contributed by atoms with van der Waals surface area (Å²) < 4.78 is 98.3. The molecule has 1 saturated carbocycles. The number of rotatable bonds is 7. The summed E-state index contributed by atoms with van der Waals surface area (Å²) in [5, 5.41) is 0. The highest BCUT2D eigenvalue weighted by atomic mass is 19.3. The predicted octanol–water partition coefficient (Wildman–Crippen LogP) is 8.68. The summed E-state index contributed by atoms with van der Waals surface area (Å²) in [6.45, 7) is 2.39. The molecule has 37 heavy (non-hydrogen) atoms. The van der Waals surface area contributed by atoms with Gasteiger partial charge in [-0.1, -0.05) is 55.8 Å². The van der Waals surface area contributed by atoms with Crippen molar-refractivity contribution in [2.75, 3.05) is 6.61 Å². The molecular formula is C29H26F6O2. The number of benzene rings is 3. The zero-order chi connectivity index (χ0) is 26.3. The second kappa shape index (κ2) is 10.1.